The predicted octanol–water partition coefficient (Wildman–Crippen LogP) is 3.81. The van der Waals surface area contributed by atoms with Crippen LogP contribution in [0, 0.1) is 5.82 Å². The number of para-hydroxylation sites is 1. The van der Waals surface area contributed by atoms with E-state index in [-0.39, 0.29) is 5.56 Å². The number of rotatable bonds is 2. The zero-order valence-electron chi connectivity index (χ0n) is 8.69. The molecule has 0 spiro atoms. The lowest BCUT2D eigenvalue weighted by atomic mass is 10.2. The van der Waals surface area contributed by atoms with Crippen LogP contribution in [0.2, 0.25) is 0 Å². The first-order valence-corrected chi connectivity index (χ1v) is 5.68. The number of hydrogen-bond donors (Lipinski definition) is 0. The SMILES string of the molecule is O=C(Oc1ccccc1)c1ccc(Br)cc1F. The van der Waals surface area contributed by atoms with Gasteiger partial charge >= 0.3 is 5.97 Å². The Hall–Kier alpha value is -1.68. The van der Waals surface area contributed by atoms with Crippen LogP contribution in [0.3, 0.4) is 0 Å². The zero-order valence-corrected chi connectivity index (χ0v) is 10.3. The van der Waals surface area contributed by atoms with Gasteiger partial charge in [0.05, 0.1) is 5.56 Å². The van der Waals surface area contributed by atoms with Gasteiger partial charge in [0.15, 0.2) is 0 Å². The number of carbonyl (C=O) groups is 1. The minimum atomic E-state index is -0.707. The molecule has 4 heteroatoms. The summed E-state index contributed by atoms with van der Waals surface area (Å²) in [7, 11) is 0. The molecular weight excluding hydrogens is 287 g/mol. The Bertz CT molecular complexity index is 540. The number of halogens is 2. The number of esters is 1. The highest BCUT2D eigenvalue weighted by Gasteiger charge is 2.13. The van der Waals surface area contributed by atoms with Gasteiger partial charge in [-0.05, 0) is 30.3 Å². The van der Waals surface area contributed by atoms with E-state index in [1.54, 1.807) is 36.4 Å². The summed E-state index contributed by atoms with van der Waals surface area (Å²) in [4.78, 5) is 11.7. The van der Waals surface area contributed by atoms with Crippen LogP contribution in [0.5, 0.6) is 5.75 Å². The molecular formula is C13H8BrFO2. The standard InChI is InChI=1S/C13H8BrFO2/c14-9-6-7-11(12(15)8-9)13(16)17-10-4-2-1-3-5-10/h1-8H. The fourth-order valence-corrected chi connectivity index (χ4v) is 1.64. The summed E-state index contributed by atoms with van der Waals surface area (Å²) >= 11 is 3.12. The summed E-state index contributed by atoms with van der Waals surface area (Å²) in [5.74, 6) is -0.929. The fraction of sp³-hybridized carbons (Fsp3) is 0. The Morgan fingerprint density at radius 3 is 2.47 bits per heavy atom. The third kappa shape index (κ3) is 2.91. The number of benzene rings is 2. The lowest BCUT2D eigenvalue weighted by Gasteiger charge is -2.05. The number of hydrogen-bond acceptors (Lipinski definition) is 2. The van der Waals surface area contributed by atoms with Gasteiger partial charge in [-0.15, -0.1) is 0 Å². The van der Waals surface area contributed by atoms with E-state index in [0.717, 1.165) is 0 Å². The molecule has 0 aliphatic heterocycles. The van der Waals surface area contributed by atoms with Crippen molar-refractivity contribution in [2.75, 3.05) is 0 Å². The Balaban J connectivity index is 2.21. The van der Waals surface area contributed by atoms with Crippen LogP contribution in [0.25, 0.3) is 0 Å². The maximum atomic E-state index is 13.5. The molecule has 2 aromatic rings. The van der Waals surface area contributed by atoms with Crippen molar-refractivity contribution >= 4 is 21.9 Å². The highest BCUT2D eigenvalue weighted by atomic mass is 79.9. The number of carbonyl (C=O) groups excluding carboxylic acids is 1. The highest BCUT2D eigenvalue weighted by molar-refractivity contribution is 9.10. The zero-order chi connectivity index (χ0) is 12.3. The molecule has 0 bridgehead atoms. The van der Waals surface area contributed by atoms with Crippen molar-refractivity contribution in [1.82, 2.24) is 0 Å². The molecule has 2 nitrogen and oxygen atoms in total. The summed E-state index contributed by atoms with van der Waals surface area (Å²) < 4.78 is 19.1. The van der Waals surface area contributed by atoms with Gasteiger partial charge in [-0.3, -0.25) is 0 Å². The van der Waals surface area contributed by atoms with Crippen molar-refractivity contribution in [3.63, 3.8) is 0 Å². The van der Waals surface area contributed by atoms with E-state index in [2.05, 4.69) is 15.9 Å². The molecule has 0 fully saturated rings. The minimum absolute atomic E-state index is 0.0861. The van der Waals surface area contributed by atoms with Crippen LogP contribution >= 0.6 is 15.9 Å². The van der Waals surface area contributed by atoms with Crippen molar-refractivity contribution in [1.29, 1.82) is 0 Å². The second-order valence-corrected chi connectivity index (χ2v) is 4.24. The monoisotopic (exact) mass is 294 g/mol. The third-order valence-electron chi connectivity index (χ3n) is 2.10. The van der Waals surface area contributed by atoms with Gasteiger partial charge in [0, 0.05) is 4.47 Å². The van der Waals surface area contributed by atoms with E-state index in [4.69, 9.17) is 4.74 Å². The van der Waals surface area contributed by atoms with Crippen LogP contribution in [0.1, 0.15) is 10.4 Å². The van der Waals surface area contributed by atoms with Crippen molar-refractivity contribution in [3.05, 3.63) is 64.4 Å². The van der Waals surface area contributed by atoms with Gasteiger partial charge in [0.1, 0.15) is 11.6 Å². The van der Waals surface area contributed by atoms with E-state index >= 15 is 0 Å². The third-order valence-corrected chi connectivity index (χ3v) is 2.60. The van der Waals surface area contributed by atoms with Gasteiger partial charge < -0.3 is 4.74 Å². The van der Waals surface area contributed by atoms with E-state index in [9.17, 15) is 9.18 Å². The topological polar surface area (TPSA) is 26.3 Å². The summed E-state index contributed by atoms with van der Waals surface area (Å²) in [5.41, 5.74) is -0.0861. The Kier molecular flexibility index (Phi) is 3.54. The summed E-state index contributed by atoms with van der Waals surface area (Å²) in [6, 6.07) is 12.7. The highest BCUT2D eigenvalue weighted by Crippen LogP contribution is 2.17. The molecule has 0 saturated heterocycles. The lowest BCUT2D eigenvalue weighted by Crippen LogP contribution is -2.10. The van der Waals surface area contributed by atoms with Crippen LogP contribution in [-0.2, 0) is 0 Å². The van der Waals surface area contributed by atoms with Crippen LogP contribution in [-0.4, -0.2) is 5.97 Å². The van der Waals surface area contributed by atoms with E-state index in [0.29, 0.717) is 10.2 Å². The smallest absolute Gasteiger partial charge is 0.346 e. The Morgan fingerprint density at radius 1 is 1.12 bits per heavy atom. The maximum absolute atomic E-state index is 13.5. The molecule has 0 atom stereocenters. The predicted molar refractivity (Wildman–Crippen MR) is 65.5 cm³/mol. The first kappa shape index (κ1) is 11.8. The summed E-state index contributed by atoms with van der Waals surface area (Å²) in [5, 5.41) is 0. The molecule has 17 heavy (non-hydrogen) atoms. The average molecular weight is 295 g/mol. The first-order chi connectivity index (χ1) is 8.16. The first-order valence-electron chi connectivity index (χ1n) is 4.89. The molecule has 0 saturated carbocycles. The van der Waals surface area contributed by atoms with Gasteiger partial charge in [0.25, 0.3) is 0 Å². The van der Waals surface area contributed by atoms with E-state index in [1.165, 1.54) is 12.1 Å². The van der Waals surface area contributed by atoms with Crippen molar-refractivity contribution in [2.45, 2.75) is 0 Å². The summed E-state index contributed by atoms with van der Waals surface area (Å²) in [6.07, 6.45) is 0. The molecule has 0 aliphatic rings. The van der Waals surface area contributed by atoms with Gasteiger partial charge in [-0.1, -0.05) is 34.1 Å². The van der Waals surface area contributed by atoms with Crippen LogP contribution in [0.4, 0.5) is 4.39 Å². The molecule has 0 heterocycles. The maximum Gasteiger partial charge on any atom is 0.346 e. The quantitative estimate of drug-likeness (QED) is 0.622. The minimum Gasteiger partial charge on any atom is -0.423 e. The van der Waals surface area contributed by atoms with Crippen molar-refractivity contribution < 1.29 is 13.9 Å². The molecule has 2 rings (SSSR count). The molecule has 0 unspecified atom stereocenters. The van der Waals surface area contributed by atoms with Crippen molar-refractivity contribution in [2.24, 2.45) is 0 Å². The molecule has 0 N–H and O–H groups in total. The number of ether oxygens (including phenoxy) is 1. The van der Waals surface area contributed by atoms with Gasteiger partial charge in [-0.2, -0.15) is 0 Å². The molecule has 0 aliphatic carbocycles. The van der Waals surface area contributed by atoms with Crippen molar-refractivity contribution in [3.8, 4) is 5.75 Å². The second-order valence-electron chi connectivity index (χ2n) is 3.33. The van der Waals surface area contributed by atoms with Gasteiger partial charge in [0.2, 0.25) is 0 Å². The van der Waals surface area contributed by atoms with Crippen LogP contribution in [0.15, 0.2) is 53.0 Å². The Morgan fingerprint density at radius 2 is 1.82 bits per heavy atom. The molecule has 0 aromatic heterocycles. The molecule has 2 aromatic carbocycles. The normalized spacial score (nSPS) is 10.0. The van der Waals surface area contributed by atoms with E-state index < -0.39 is 11.8 Å². The molecule has 0 amide bonds. The Labute approximate surface area is 106 Å². The largest absolute Gasteiger partial charge is 0.423 e. The fourth-order valence-electron chi connectivity index (χ4n) is 1.31. The molecule has 86 valence electrons. The molecule has 0 radical (unpaired) electrons. The summed E-state index contributed by atoms with van der Waals surface area (Å²) in [6.45, 7) is 0. The average Bonchev–Trinajstić information content (AvgIpc) is 2.30. The second kappa shape index (κ2) is 5.10. The van der Waals surface area contributed by atoms with Gasteiger partial charge in [-0.25, -0.2) is 9.18 Å². The van der Waals surface area contributed by atoms with E-state index in [1.807, 2.05) is 0 Å². The lowest BCUT2D eigenvalue weighted by molar-refractivity contribution is 0.0730. The van der Waals surface area contributed by atoms with Crippen LogP contribution < -0.4 is 4.74 Å².